The van der Waals surface area contributed by atoms with Crippen molar-refractivity contribution < 1.29 is 9.47 Å². The van der Waals surface area contributed by atoms with E-state index in [0.29, 0.717) is 6.04 Å². The number of rotatable bonds is 5. The minimum absolute atomic E-state index is 0.251. The molecule has 2 atom stereocenters. The van der Waals surface area contributed by atoms with E-state index in [1.165, 1.54) is 11.3 Å². The summed E-state index contributed by atoms with van der Waals surface area (Å²) in [4.78, 5) is 2.47. The Bertz CT molecular complexity index is 436. The first kappa shape index (κ1) is 15.1. The summed E-state index contributed by atoms with van der Waals surface area (Å²) in [6.45, 7) is 6.92. The Morgan fingerprint density at radius 1 is 1.50 bits per heavy atom. The van der Waals surface area contributed by atoms with Gasteiger partial charge in [-0.05, 0) is 32.5 Å². The molecule has 4 heteroatoms. The fraction of sp³-hybridized carbons (Fsp3) is 0.625. The maximum absolute atomic E-state index is 5.62. The second-order valence-electron chi connectivity index (χ2n) is 5.23. The van der Waals surface area contributed by atoms with E-state index >= 15 is 0 Å². The molecule has 1 fully saturated rings. The molecule has 2 rings (SSSR count). The molecule has 1 saturated heterocycles. The summed E-state index contributed by atoms with van der Waals surface area (Å²) in [6.07, 6.45) is 1.09. The summed E-state index contributed by atoms with van der Waals surface area (Å²) in [5.41, 5.74) is 2.50. The zero-order chi connectivity index (χ0) is 14.5. The fourth-order valence-corrected chi connectivity index (χ4v) is 2.85. The van der Waals surface area contributed by atoms with Crippen molar-refractivity contribution in [2.75, 3.05) is 38.8 Å². The van der Waals surface area contributed by atoms with Gasteiger partial charge in [-0.15, -0.1) is 0 Å². The second-order valence-corrected chi connectivity index (χ2v) is 5.23. The van der Waals surface area contributed by atoms with E-state index < -0.39 is 0 Å². The van der Waals surface area contributed by atoms with E-state index in [1.54, 1.807) is 7.11 Å². The lowest BCUT2D eigenvalue weighted by Crippen LogP contribution is -2.45. The van der Waals surface area contributed by atoms with Crippen molar-refractivity contribution in [2.45, 2.75) is 32.4 Å². The third-order valence-electron chi connectivity index (χ3n) is 4.14. The van der Waals surface area contributed by atoms with Gasteiger partial charge in [0.15, 0.2) is 0 Å². The molecule has 0 radical (unpaired) electrons. The van der Waals surface area contributed by atoms with Crippen LogP contribution in [0.1, 0.15) is 31.9 Å². The van der Waals surface area contributed by atoms with Gasteiger partial charge in [-0.3, -0.25) is 0 Å². The maximum atomic E-state index is 5.62. The molecule has 1 aliphatic rings. The molecule has 1 heterocycles. The molecule has 0 spiro atoms. The Morgan fingerprint density at radius 2 is 2.30 bits per heavy atom. The van der Waals surface area contributed by atoms with E-state index in [4.69, 9.17) is 9.47 Å². The highest BCUT2D eigenvalue weighted by molar-refractivity contribution is 5.61. The van der Waals surface area contributed by atoms with Crippen molar-refractivity contribution in [1.29, 1.82) is 0 Å². The Labute approximate surface area is 122 Å². The van der Waals surface area contributed by atoms with Crippen molar-refractivity contribution >= 4 is 5.69 Å². The number of hydrogen-bond donors (Lipinski definition) is 1. The number of ether oxygens (including phenoxy) is 2. The van der Waals surface area contributed by atoms with Crippen LogP contribution in [0.25, 0.3) is 0 Å². The zero-order valence-electron chi connectivity index (χ0n) is 13.0. The molecule has 1 aromatic carbocycles. The van der Waals surface area contributed by atoms with Gasteiger partial charge in [-0.2, -0.15) is 0 Å². The number of morpholine rings is 1. The minimum atomic E-state index is 0.251. The Morgan fingerprint density at radius 3 is 2.95 bits per heavy atom. The first-order valence-corrected chi connectivity index (χ1v) is 7.41. The normalized spacial score (nSPS) is 20.8. The zero-order valence-corrected chi connectivity index (χ0v) is 13.0. The van der Waals surface area contributed by atoms with Crippen LogP contribution in [0.4, 0.5) is 5.69 Å². The summed E-state index contributed by atoms with van der Waals surface area (Å²) in [5.74, 6) is 0.950. The largest absolute Gasteiger partial charge is 0.496 e. The van der Waals surface area contributed by atoms with Crippen molar-refractivity contribution in [1.82, 2.24) is 5.32 Å². The van der Waals surface area contributed by atoms with Gasteiger partial charge in [-0.25, -0.2) is 0 Å². The fourth-order valence-electron chi connectivity index (χ4n) is 2.85. The molecular formula is C16H26N2O2. The summed E-state index contributed by atoms with van der Waals surface area (Å²) >= 11 is 0. The number of benzene rings is 1. The van der Waals surface area contributed by atoms with Gasteiger partial charge in [-0.1, -0.05) is 13.0 Å². The first-order valence-electron chi connectivity index (χ1n) is 7.41. The molecule has 1 aliphatic heterocycles. The van der Waals surface area contributed by atoms with Gasteiger partial charge in [0.05, 0.1) is 26.4 Å². The highest BCUT2D eigenvalue weighted by Gasteiger charge is 2.26. The molecule has 0 saturated carbocycles. The summed E-state index contributed by atoms with van der Waals surface area (Å²) in [6, 6.07) is 7.00. The van der Waals surface area contributed by atoms with Crippen LogP contribution < -0.4 is 15.0 Å². The smallest absolute Gasteiger partial charge is 0.125 e. The van der Waals surface area contributed by atoms with Crippen LogP contribution in [0, 0.1) is 0 Å². The van der Waals surface area contributed by atoms with Crippen molar-refractivity contribution in [3.05, 3.63) is 23.8 Å². The summed E-state index contributed by atoms with van der Waals surface area (Å²) in [5, 5.41) is 3.33. The van der Waals surface area contributed by atoms with Gasteiger partial charge >= 0.3 is 0 Å². The van der Waals surface area contributed by atoms with E-state index in [2.05, 4.69) is 36.2 Å². The minimum Gasteiger partial charge on any atom is -0.496 e. The van der Waals surface area contributed by atoms with Crippen LogP contribution in [0.15, 0.2) is 18.2 Å². The number of hydrogen-bond acceptors (Lipinski definition) is 4. The van der Waals surface area contributed by atoms with Gasteiger partial charge in [0.1, 0.15) is 5.75 Å². The molecule has 2 unspecified atom stereocenters. The first-order chi connectivity index (χ1) is 9.72. The van der Waals surface area contributed by atoms with Gasteiger partial charge in [0, 0.05) is 23.8 Å². The van der Waals surface area contributed by atoms with Crippen molar-refractivity contribution in [2.24, 2.45) is 0 Å². The van der Waals surface area contributed by atoms with E-state index in [-0.39, 0.29) is 6.04 Å². The highest BCUT2D eigenvalue weighted by atomic mass is 16.5. The molecule has 0 bridgehead atoms. The third kappa shape index (κ3) is 2.91. The molecular weight excluding hydrogens is 252 g/mol. The monoisotopic (exact) mass is 278 g/mol. The van der Waals surface area contributed by atoms with Gasteiger partial charge < -0.3 is 19.7 Å². The second kappa shape index (κ2) is 6.95. The molecule has 112 valence electrons. The Hall–Kier alpha value is -1.26. The van der Waals surface area contributed by atoms with E-state index in [9.17, 15) is 0 Å². The molecule has 1 N–H and O–H groups in total. The molecule has 20 heavy (non-hydrogen) atoms. The van der Waals surface area contributed by atoms with E-state index in [1.807, 2.05) is 13.1 Å². The van der Waals surface area contributed by atoms with Crippen molar-refractivity contribution in [3.63, 3.8) is 0 Å². The summed E-state index contributed by atoms with van der Waals surface area (Å²) in [7, 11) is 3.72. The maximum Gasteiger partial charge on any atom is 0.125 e. The SMILES string of the molecule is CCC1COCCN1c1cccc(OC)c1C(C)NC. The van der Waals surface area contributed by atoms with Gasteiger partial charge in [0.2, 0.25) is 0 Å². The van der Waals surface area contributed by atoms with Crippen LogP contribution in [0.3, 0.4) is 0 Å². The molecule has 0 amide bonds. The lowest BCUT2D eigenvalue weighted by molar-refractivity contribution is 0.0928. The number of anilines is 1. The molecule has 4 nitrogen and oxygen atoms in total. The van der Waals surface area contributed by atoms with E-state index in [0.717, 1.165) is 31.9 Å². The molecule has 0 aliphatic carbocycles. The van der Waals surface area contributed by atoms with Gasteiger partial charge in [0.25, 0.3) is 0 Å². The quantitative estimate of drug-likeness (QED) is 0.897. The number of methoxy groups -OCH3 is 1. The predicted octanol–water partition coefficient (Wildman–Crippen LogP) is 2.59. The standard InChI is InChI=1S/C16H26N2O2/c1-5-13-11-20-10-9-18(13)14-7-6-8-15(19-4)16(14)12(2)17-3/h6-8,12-13,17H,5,9-11H2,1-4H3. The number of nitrogens with zero attached hydrogens (tertiary/aromatic N) is 1. The van der Waals surface area contributed by atoms with Crippen LogP contribution in [-0.2, 0) is 4.74 Å². The predicted molar refractivity (Wildman–Crippen MR) is 82.7 cm³/mol. The van der Waals surface area contributed by atoms with Crippen molar-refractivity contribution in [3.8, 4) is 5.75 Å². The Balaban J connectivity index is 2.43. The highest BCUT2D eigenvalue weighted by Crippen LogP contribution is 2.36. The van der Waals surface area contributed by atoms with Crippen LogP contribution >= 0.6 is 0 Å². The summed E-state index contributed by atoms with van der Waals surface area (Å²) < 4.78 is 11.2. The lowest BCUT2D eigenvalue weighted by Gasteiger charge is -2.39. The van der Waals surface area contributed by atoms with Crippen LogP contribution in [-0.4, -0.2) is 40.0 Å². The average Bonchev–Trinajstić information content (AvgIpc) is 2.53. The average molecular weight is 278 g/mol. The van der Waals surface area contributed by atoms with Crippen LogP contribution in [0.2, 0.25) is 0 Å². The third-order valence-corrected chi connectivity index (χ3v) is 4.14. The molecule has 0 aromatic heterocycles. The molecule has 1 aromatic rings. The lowest BCUT2D eigenvalue weighted by atomic mass is 10.0. The number of nitrogens with one attached hydrogen (secondary N) is 1. The van der Waals surface area contributed by atoms with Crippen LogP contribution in [0.5, 0.6) is 5.75 Å². The topological polar surface area (TPSA) is 33.7 Å². The Kier molecular flexibility index (Phi) is 5.26.